The van der Waals surface area contributed by atoms with E-state index >= 15 is 0 Å². The number of hydrogen-bond acceptors (Lipinski definition) is 9. The number of rotatable bonds is 8. The Morgan fingerprint density at radius 1 is 1.37 bits per heavy atom. The quantitative estimate of drug-likeness (QED) is 0.354. The lowest BCUT2D eigenvalue weighted by atomic mass is 10.2. The number of amides is 1. The lowest BCUT2D eigenvalue weighted by Gasteiger charge is -2.22. The molecule has 1 amide bonds. The third-order valence-electron chi connectivity index (χ3n) is 3.55. The second-order valence-corrected chi connectivity index (χ2v) is 8.17. The molecule has 0 radical (unpaired) electrons. The molecule has 4 N–H and O–H groups in total. The minimum atomic E-state index is -1.30. The Morgan fingerprint density at radius 3 is 2.60 bits per heavy atom. The number of thioether (sulfide) groups is 1. The van der Waals surface area contributed by atoms with Crippen molar-refractivity contribution in [3.05, 3.63) is 23.8 Å². The number of tetrazole rings is 1. The molecule has 164 valence electrons. The van der Waals surface area contributed by atoms with Crippen molar-refractivity contribution in [2.45, 2.75) is 50.7 Å². The number of halogens is 1. The van der Waals surface area contributed by atoms with E-state index in [1.54, 1.807) is 20.8 Å². The number of hydrogen-bond donors (Lipinski definition) is 4. The number of carboxylic acids is 1. The molecular weight excluding hydrogens is 419 g/mol. The number of nitrogens with one attached hydrogen (secondary N) is 2. The van der Waals surface area contributed by atoms with Crippen LogP contribution >= 0.6 is 11.8 Å². The van der Waals surface area contributed by atoms with Gasteiger partial charge in [0, 0.05) is 17.1 Å². The van der Waals surface area contributed by atoms with Gasteiger partial charge in [0.25, 0.3) is 0 Å². The number of carboxylic acid groups (broad SMARTS) is 1. The van der Waals surface area contributed by atoms with Crippen LogP contribution in [0.4, 0.5) is 14.9 Å². The summed E-state index contributed by atoms with van der Waals surface area (Å²) < 4.78 is 19.6. The fourth-order valence-electron chi connectivity index (χ4n) is 2.19. The summed E-state index contributed by atoms with van der Waals surface area (Å²) >= 11 is 0.916. The van der Waals surface area contributed by atoms with E-state index < -0.39 is 29.5 Å². The third-order valence-corrected chi connectivity index (χ3v) is 4.70. The van der Waals surface area contributed by atoms with E-state index in [9.17, 15) is 24.3 Å². The second-order valence-electron chi connectivity index (χ2n) is 7.11. The third kappa shape index (κ3) is 6.29. The molecule has 0 aliphatic rings. The number of benzene rings is 1. The molecule has 0 unspecified atom stereocenters. The topological polar surface area (TPSA) is 151 Å². The SMILES string of the molecule is CCc1nnn(-c2cc(NO)c(SC[C@H](NC(=O)OC(C)(C)C)C(=O)O)cc2F)n1. The molecule has 30 heavy (non-hydrogen) atoms. The highest BCUT2D eigenvalue weighted by Crippen LogP contribution is 2.31. The average Bonchev–Trinajstić information content (AvgIpc) is 3.12. The van der Waals surface area contributed by atoms with Crippen LogP contribution in [0.1, 0.15) is 33.5 Å². The molecule has 0 bridgehead atoms. The number of aromatic nitrogens is 4. The van der Waals surface area contributed by atoms with Crippen molar-refractivity contribution in [1.82, 2.24) is 25.5 Å². The van der Waals surface area contributed by atoms with E-state index in [2.05, 4.69) is 20.7 Å². The first-order chi connectivity index (χ1) is 14.0. The summed E-state index contributed by atoms with van der Waals surface area (Å²) in [5, 5.41) is 32.6. The number of carbonyl (C=O) groups is 2. The number of anilines is 1. The molecule has 0 fully saturated rings. The summed E-state index contributed by atoms with van der Waals surface area (Å²) in [6.45, 7) is 6.76. The van der Waals surface area contributed by atoms with E-state index in [4.69, 9.17) is 4.74 Å². The largest absolute Gasteiger partial charge is 0.480 e. The molecule has 1 atom stereocenters. The van der Waals surface area contributed by atoms with Crippen molar-refractivity contribution < 1.29 is 29.0 Å². The maximum absolute atomic E-state index is 14.6. The van der Waals surface area contributed by atoms with Gasteiger partial charge in [-0.1, -0.05) is 6.92 Å². The Bertz CT molecular complexity index is 917. The summed E-state index contributed by atoms with van der Waals surface area (Å²) in [7, 11) is 0. The van der Waals surface area contributed by atoms with Crippen LogP contribution in [0, 0.1) is 5.82 Å². The predicted molar refractivity (Wildman–Crippen MR) is 105 cm³/mol. The Hall–Kier alpha value is -2.93. The van der Waals surface area contributed by atoms with Crippen molar-refractivity contribution in [3.63, 3.8) is 0 Å². The highest BCUT2D eigenvalue weighted by Gasteiger charge is 2.25. The number of nitrogens with zero attached hydrogens (tertiary/aromatic N) is 4. The monoisotopic (exact) mass is 442 g/mol. The average molecular weight is 442 g/mol. The maximum Gasteiger partial charge on any atom is 0.408 e. The molecule has 0 spiro atoms. The van der Waals surface area contributed by atoms with Crippen molar-refractivity contribution in [2.24, 2.45) is 0 Å². The lowest BCUT2D eigenvalue weighted by molar-refractivity contribution is -0.138. The van der Waals surface area contributed by atoms with Crippen LogP contribution in [0.25, 0.3) is 5.69 Å². The van der Waals surface area contributed by atoms with E-state index in [-0.39, 0.29) is 22.0 Å². The first kappa shape index (κ1) is 23.3. The molecule has 0 saturated carbocycles. The smallest absolute Gasteiger partial charge is 0.408 e. The molecule has 1 aromatic heterocycles. The zero-order valence-electron chi connectivity index (χ0n) is 16.8. The number of aryl methyl sites for hydroxylation is 1. The van der Waals surface area contributed by atoms with Gasteiger partial charge in [-0.05, 0) is 38.1 Å². The zero-order chi connectivity index (χ0) is 22.5. The fourth-order valence-corrected chi connectivity index (χ4v) is 3.21. The number of carbonyl (C=O) groups excluding carboxylic acids is 1. The fraction of sp³-hybridized carbons (Fsp3) is 0.471. The summed E-state index contributed by atoms with van der Waals surface area (Å²) in [5.41, 5.74) is 1.20. The van der Waals surface area contributed by atoms with Crippen molar-refractivity contribution >= 4 is 29.5 Å². The van der Waals surface area contributed by atoms with Gasteiger partial charge in [0.1, 0.15) is 17.3 Å². The minimum Gasteiger partial charge on any atom is -0.480 e. The van der Waals surface area contributed by atoms with Gasteiger partial charge in [0.15, 0.2) is 11.6 Å². The van der Waals surface area contributed by atoms with Crippen LogP contribution in [0.5, 0.6) is 0 Å². The van der Waals surface area contributed by atoms with Crippen LogP contribution in [0.3, 0.4) is 0 Å². The Labute approximate surface area is 175 Å². The molecule has 0 saturated heterocycles. The van der Waals surface area contributed by atoms with Crippen LogP contribution in [-0.4, -0.2) is 60.0 Å². The van der Waals surface area contributed by atoms with Crippen LogP contribution < -0.4 is 10.8 Å². The Morgan fingerprint density at radius 2 is 2.07 bits per heavy atom. The van der Waals surface area contributed by atoms with Gasteiger partial charge in [0.2, 0.25) is 0 Å². The first-order valence-corrected chi connectivity index (χ1v) is 9.90. The molecule has 1 aromatic carbocycles. The van der Waals surface area contributed by atoms with E-state index in [0.29, 0.717) is 12.2 Å². The van der Waals surface area contributed by atoms with Gasteiger partial charge in [0.05, 0.1) is 5.69 Å². The first-order valence-electron chi connectivity index (χ1n) is 8.92. The lowest BCUT2D eigenvalue weighted by Crippen LogP contribution is -2.44. The Balaban J connectivity index is 2.17. The summed E-state index contributed by atoms with van der Waals surface area (Å²) in [6, 6.07) is 1.05. The molecule has 1 heterocycles. The molecule has 13 heteroatoms. The highest BCUT2D eigenvalue weighted by atomic mass is 32.2. The van der Waals surface area contributed by atoms with Crippen LogP contribution in [0.15, 0.2) is 17.0 Å². The van der Waals surface area contributed by atoms with Crippen molar-refractivity contribution in [1.29, 1.82) is 0 Å². The molecule has 0 aliphatic carbocycles. The van der Waals surface area contributed by atoms with Crippen LogP contribution in [0.2, 0.25) is 0 Å². The number of alkyl carbamates (subject to hydrolysis) is 1. The van der Waals surface area contributed by atoms with Crippen molar-refractivity contribution in [3.8, 4) is 5.69 Å². The maximum atomic E-state index is 14.6. The molecule has 0 aliphatic heterocycles. The molecule has 2 rings (SSSR count). The van der Waals surface area contributed by atoms with Gasteiger partial charge in [-0.2, -0.15) is 0 Å². The highest BCUT2D eigenvalue weighted by molar-refractivity contribution is 7.99. The predicted octanol–water partition coefficient (Wildman–Crippen LogP) is 2.23. The normalized spacial score (nSPS) is 12.3. The summed E-state index contributed by atoms with van der Waals surface area (Å²) in [5.74, 6) is -1.72. The van der Waals surface area contributed by atoms with Gasteiger partial charge in [-0.15, -0.1) is 26.8 Å². The summed E-state index contributed by atoms with van der Waals surface area (Å²) in [6.07, 6.45) is -0.372. The Kier molecular flexibility index (Phi) is 7.56. The van der Waals surface area contributed by atoms with Gasteiger partial charge < -0.3 is 15.2 Å². The van der Waals surface area contributed by atoms with Gasteiger partial charge >= 0.3 is 12.1 Å². The van der Waals surface area contributed by atoms with Crippen molar-refractivity contribution in [2.75, 3.05) is 11.2 Å². The van der Waals surface area contributed by atoms with E-state index in [1.807, 2.05) is 12.4 Å². The van der Waals surface area contributed by atoms with E-state index in [1.165, 1.54) is 6.07 Å². The van der Waals surface area contributed by atoms with E-state index in [0.717, 1.165) is 22.6 Å². The zero-order valence-corrected chi connectivity index (χ0v) is 17.7. The summed E-state index contributed by atoms with van der Waals surface area (Å²) in [4.78, 5) is 24.5. The molecule has 2 aromatic rings. The molecule has 11 nitrogen and oxygen atoms in total. The standard InChI is InChI=1S/C17H23FN6O5S/c1-5-14-20-23-24(21-14)12-7-10(22-28)13(6-9(12)18)30-8-11(15(25)26)19-16(27)29-17(2,3)4/h6-7,11,22,28H,5,8H2,1-4H3,(H,19,27)(H,25,26)/t11-/m0/s1. The van der Waals surface area contributed by atoms with Gasteiger partial charge in [-0.25, -0.2) is 14.0 Å². The second kappa shape index (κ2) is 9.71. The number of aliphatic carboxylic acids is 1. The molecular formula is C17H23FN6O5S. The van der Waals surface area contributed by atoms with Crippen LogP contribution in [-0.2, 0) is 16.0 Å². The number of ether oxygens (including phenoxy) is 1. The minimum absolute atomic E-state index is 0.0511. The van der Waals surface area contributed by atoms with Gasteiger partial charge in [-0.3, -0.25) is 10.7 Å².